The highest BCUT2D eigenvalue weighted by Crippen LogP contribution is 2.42. The van der Waals surface area contributed by atoms with Gasteiger partial charge in [0.15, 0.2) is 0 Å². The number of nitrogens with one attached hydrogen (secondary N) is 2. The number of carbonyl (C=O) groups excluding carboxylic acids is 3. The van der Waals surface area contributed by atoms with Crippen LogP contribution in [0.1, 0.15) is 95.0 Å². The standard InChI is InChI=1S/C28H37FN4O3/c1-18(34)30-24-22-16-19(29)14-15-23(22)32-17-28(2,27(36)31-20-10-6-3-4-7-11-20)33(26(35)25(24)32)21-12-8-5-9-13-21/h14-16,20-21H,3-13,17H2,1-2H3,(H,30,34)(H,31,36)/t28-/m0/s1. The maximum absolute atomic E-state index is 14.3. The third-order valence-electron chi connectivity index (χ3n) is 8.36. The van der Waals surface area contributed by atoms with Crippen molar-refractivity contribution in [3.63, 3.8) is 0 Å². The summed E-state index contributed by atoms with van der Waals surface area (Å²) >= 11 is 0. The Bertz CT molecular complexity index is 1180. The van der Waals surface area contributed by atoms with Crippen LogP contribution in [0.3, 0.4) is 0 Å². The van der Waals surface area contributed by atoms with Crippen molar-refractivity contribution in [3.8, 4) is 0 Å². The molecule has 2 fully saturated rings. The molecular weight excluding hydrogens is 459 g/mol. The molecule has 1 aromatic heterocycles. The number of aromatic nitrogens is 1. The van der Waals surface area contributed by atoms with E-state index in [0.717, 1.165) is 57.8 Å². The fraction of sp³-hybridized carbons (Fsp3) is 0.607. The first-order chi connectivity index (χ1) is 17.3. The topological polar surface area (TPSA) is 83.4 Å². The predicted octanol–water partition coefficient (Wildman–Crippen LogP) is 5.13. The molecule has 0 bridgehead atoms. The van der Waals surface area contributed by atoms with Gasteiger partial charge in [-0.25, -0.2) is 4.39 Å². The molecule has 8 heteroatoms. The Balaban J connectivity index is 1.62. The van der Waals surface area contributed by atoms with E-state index in [9.17, 15) is 18.8 Å². The summed E-state index contributed by atoms with van der Waals surface area (Å²) in [5.74, 6) is -1.16. The molecule has 0 radical (unpaired) electrons. The average Bonchev–Trinajstić information content (AvgIpc) is 2.98. The minimum Gasteiger partial charge on any atom is -0.351 e. The highest BCUT2D eigenvalue weighted by molar-refractivity contribution is 6.14. The molecule has 36 heavy (non-hydrogen) atoms. The van der Waals surface area contributed by atoms with Gasteiger partial charge in [0.1, 0.15) is 17.1 Å². The molecular formula is C28H37FN4O3. The van der Waals surface area contributed by atoms with Crippen molar-refractivity contribution in [1.82, 2.24) is 14.8 Å². The van der Waals surface area contributed by atoms with Crippen molar-refractivity contribution in [2.24, 2.45) is 0 Å². The molecule has 2 heterocycles. The molecule has 2 saturated carbocycles. The van der Waals surface area contributed by atoms with Gasteiger partial charge in [-0.05, 0) is 50.8 Å². The molecule has 1 aliphatic heterocycles. The Labute approximate surface area is 211 Å². The smallest absolute Gasteiger partial charge is 0.273 e. The van der Waals surface area contributed by atoms with Crippen LogP contribution in [-0.2, 0) is 16.1 Å². The lowest BCUT2D eigenvalue weighted by atomic mass is 9.86. The molecule has 2 aromatic rings. The minimum absolute atomic E-state index is 0.0511. The fourth-order valence-electron chi connectivity index (χ4n) is 6.59. The molecule has 2 N–H and O–H groups in total. The van der Waals surface area contributed by atoms with Crippen LogP contribution >= 0.6 is 0 Å². The zero-order valence-electron chi connectivity index (χ0n) is 21.4. The van der Waals surface area contributed by atoms with E-state index >= 15 is 0 Å². The van der Waals surface area contributed by atoms with Crippen molar-refractivity contribution >= 4 is 34.3 Å². The van der Waals surface area contributed by atoms with Crippen LogP contribution in [0, 0.1) is 5.82 Å². The second-order valence-corrected chi connectivity index (χ2v) is 11.1. The van der Waals surface area contributed by atoms with Crippen molar-refractivity contribution in [2.75, 3.05) is 5.32 Å². The zero-order chi connectivity index (χ0) is 25.4. The first-order valence-corrected chi connectivity index (χ1v) is 13.5. The van der Waals surface area contributed by atoms with E-state index in [1.807, 2.05) is 11.5 Å². The summed E-state index contributed by atoms with van der Waals surface area (Å²) in [6, 6.07) is 4.41. The average molecular weight is 497 g/mol. The van der Waals surface area contributed by atoms with Crippen LogP contribution in [0.5, 0.6) is 0 Å². The number of halogens is 1. The van der Waals surface area contributed by atoms with Gasteiger partial charge in [-0.2, -0.15) is 0 Å². The third kappa shape index (κ3) is 4.39. The lowest BCUT2D eigenvalue weighted by Crippen LogP contribution is -2.67. The van der Waals surface area contributed by atoms with Gasteiger partial charge in [0, 0.05) is 24.4 Å². The highest BCUT2D eigenvalue weighted by Gasteiger charge is 2.51. The highest BCUT2D eigenvalue weighted by atomic mass is 19.1. The molecule has 3 amide bonds. The Morgan fingerprint density at radius 1 is 1.00 bits per heavy atom. The molecule has 2 aliphatic carbocycles. The molecule has 0 unspecified atom stereocenters. The van der Waals surface area contributed by atoms with Crippen molar-refractivity contribution in [3.05, 3.63) is 29.7 Å². The second kappa shape index (κ2) is 9.87. The molecule has 3 aliphatic rings. The van der Waals surface area contributed by atoms with Crippen LogP contribution < -0.4 is 10.6 Å². The number of carbonyl (C=O) groups is 3. The third-order valence-corrected chi connectivity index (χ3v) is 8.36. The van der Waals surface area contributed by atoms with Crippen LogP contribution in [0.15, 0.2) is 18.2 Å². The molecule has 0 saturated heterocycles. The van der Waals surface area contributed by atoms with Gasteiger partial charge in [0.05, 0.1) is 17.7 Å². The van der Waals surface area contributed by atoms with E-state index in [4.69, 9.17) is 0 Å². The van der Waals surface area contributed by atoms with E-state index < -0.39 is 11.4 Å². The molecule has 1 aromatic carbocycles. The van der Waals surface area contributed by atoms with Crippen molar-refractivity contribution < 1.29 is 18.8 Å². The summed E-state index contributed by atoms with van der Waals surface area (Å²) in [6.45, 7) is 3.51. The largest absolute Gasteiger partial charge is 0.351 e. The first kappa shape index (κ1) is 24.8. The van der Waals surface area contributed by atoms with Crippen molar-refractivity contribution in [2.45, 2.75) is 109 Å². The maximum Gasteiger partial charge on any atom is 0.273 e. The molecule has 7 nitrogen and oxygen atoms in total. The molecule has 5 rings (SSSR count). The van der Waals surface area contributed by atoms with Crippen LogP contribution in [0.25, 0.3) is 10.9 Å². The number of nitrogens with zero attached hydrogens (tertiary/aromatic N) is 2. The summed E-state index contributed by atoms with van der Waals surface area (Å²) in [6.07, 6.45) is 11.4. The van der Waals surface area contributed by atoms with E-state index in [-0.39, 0.29) is 36.3 Å². The van der Waals surface area contributed by atoms with Crippen molar-refractivity contribution in [1.29, 1.82) is 0 Å². The fourth-order valence-corrected chi connectivity index (χ4v) is 6.59. The molecule has 194 valence electrons. The lowest BCUT2D eigenvalue weighted by Gasteiger charge is -2.49. The Morgan fingerprint density at radius 2 is 1.64 bits per heavy atom. The number of anilines is 1. The van der Waals surface area contributed by atoms with Gasteiger partial charge in [0.25, 0.3) is 5.91 Å². The summed E-state index contributed by atoms with van der Waals surface area (Å²) in [4.78, 5) is 42.3. The monoisotopic (exact) mass is 496 g/mol. The van der Waals surface area contributed by atoms with Crippen LogP contribution in [-0.4, -0.2) is 44.8 Å². The van der Waals surface area contributed by atoms with E-state index in [1.54, 1.807) is 11.0 Å². The normalized spacial score (nSPS) is 23.9. The van der Waals surface area contributed by atoms with Gasteiger partial charge in [0.2, 0.25) is 11.8 Å². The molecule has 1 atom stereocenters. The summed E-state index contributed by atoms with van der Waals surface area (Å²) in [7, 11) is 0. The van der Waals surface area contributed by atoms with Gasteiger partial charge in [-0.3, -0.25) is 14.4 Å². The number of rotatable bonds is 4. The van der Waals surface area contributed by atoms with Crippen LogP contribution in [0.2, 0.25) is 0 Å². The second-order valence-electron chi connectivity index (χ2n) is 11.1. The Kier molecular flexibility index (Phi) is 6.79. The number of hydrogen-bond acceptors (Lipinski definition) is 3. The number of fused-ring (bicyclic) bond motifs is 3. The van der Waals surface area contributed by atoms with E-state index in [2.05, 4.69) is 10.6 Å². The van der Waals surface area contributed by atoms with Gasteiger partial charge < -0.3 is 20.1 Å². The zero-order valence-corrected chi connectivity index (χ0v) is 21.4. The molecule has 0 spiro atoms. The predicted molar refractivity (Wildman–Crippen MR) is 137 cm³/mol. The maximum atomic E-state index is 14.3. The summed E-state index contributed by atoms with van der Waals surface area (Å²) in [5.41, 5.74) is 0.206. The van der Waals surface area contributed by atoms with Gasteiger partial charge in [-0.15, -0.1) is 0 Å². The summed E-state index contributed by atoms with van der Waals surface area (Å²) in [5, 5.41) is 6.58. The Morgan fingerprint density at radius 3 is 2.31 bits per heavy atom. The number of amides is 3. The van der Waals surface area contributed by atoms with Gasteiger partial charge >= 0.3 is 0 Å². The minimum atomic E-state index is -1.09. The first-order valence-electron chi connectivity index (χ1n) is 13.5. The Hall–Kier alpha value is -2.90. The van der Waals surface area contributed by atoms with E-state index in [1.165, 1.54) is 31.9 Å². The lowest BCUT2D eigenvalue weighted by molar-refractivity contribution is -0.135. The number of benzene rings is 1. The summed E-state index contributed by atoms with van der Waals surface area (Å²) < 4.78 is 16.1. The van der Waals surface area contributed by atoms with Gasteiger partial charge in [-0.1, -0.05) is 44.9 Å². The van der Waals surface area contributed by atoms with E-state index in [0.29, 0.717) is 22.3 Å². The quantitative estimate of drug-likeness (QED) is 0.576. The van der Waals surface area contributed by atoms with Crippen LogP contribution in [0.4, 0.5) is 10.1 Å². The number of hydrogen-bond donors (Lipinski definition) is 2. The SMILES string of the molecule is CC(=O)Nc1c2n(c3ccc(F)cc13)C[C@@](C)(C(=O)NC1CCCCCC1)N(C1CCCCC1)C2=O.